The van der Waals surface area contributed by atoms with E-state index in [2.05, 4.69) is 24.1 Å². The van der Waals surface area contributed by atoms with Gasteiger partial charge in [0.2, 0.25) is 0 Å². The zero-order valence-corrected chi connectivity index (χ0v) is 16.8. The van der Waals surface area contributed by atoms with Crippen molar-refractivity contribution in [2.24, 2.45) is 5.73 Å². The molecule has 3 rings (SSSR count). The van der Waals surface area contributed by atoms with E-state index in [0.717, 1.165) is 23.9 Å². The number of hydrogen-bond donors (Lipinski definition) is 4. The van der Waals surface area contributed by atoms with Crippen LogP contribution in [0.15, 0.2) is 36.4 Å². The summed E-state index contributed by atoms with van der Waals surface area (Å²) in [6.45, 7) is 4.69. The second kappa shape index (κ2) is 8.92. The number of fused-ring (bicyclic) bond motifs is 1. The van der Waals surface area contributed by atoms with E-state index in [-0.39, 0.29) is 11.6 Å². The smallest absolute Gasteiger partial charge is 0.352 e. The third kappa shape index (κ3) is 4.32. The molecule has 1 heterocycles. The SMILES string of the molecule is CCc1ccc(NC(=O)c2ccc3[nH]c(C(=O)O)c(CCCN)c3c2)cc1CC. The van der Waals surface area contributed by atoms with Crippen molar-refractivity contribution >= 4 is 28.5 Å². The van der Waals surface area contributed by atoms with Gasteiger partial charge in [-0.3, -0.25) is 4.79 Å². The first-order valence-corrected chi connectivity index (χ1v) is 9.99. The second-order valence-electron chi connectivity index (χ2n) is 7.08. The van der Waals surface area contributed by atoms with E-state index in [0.29, 0.717) is 36.0 Å². The highest BCUT2D eigenvalue weighted by Gasteiger charge is 2.18. The van der Waals surface area contributed by atoms with Gasteiger partial charge >= 0.3 is 5.97 Å². The molecule has 0 spiro atoms. The Kier molecular flexibility index (Phi) is 6.34. The number of rotatable bonds is 8. The van der Waals surface area contributed by atoms with Gasteiger partial charge in [-0.2, -0.15) is 0 Å². The Morgan fingerprint density at radius 1 is 1.07 bits per heavy atom. The molecule has 0 fully saturated rings. The normalized spacial score (nSPS) is 11.0. The first kappa shape index (κ1) is 20.6. The number of amides is 1. The second-order valence-corrected chi connectivity index (χ2v) is 7.08. The molecule has 0 bridgehead atoms. The van der Waals surface area contributed by atoms with Gasteiger partial charge in [-0.25, -0.2) is 4.79 Å². The monoisotopic (exact) mass is 393 g/mol. The number of aryl methyl sites for hydroxylation is 3. The summed E-state index contributed by atoms with van der Waals surface area (Å²) in [7, 11) is 0. The third-order valence-corrected chi connectivity index (χ3v) is 5.24. The van der Waals surface area contributed by atoms with Crippen molar-refractivity contribution in [3.05, 3.63) is 64.3 Å². The fourth-order valence-corrected chi connectivity index (χ4v) is 3.69. The molecule has 0 saturated carbocycles. The fraction of sp³-hybridized carbons (Fsp3) is 0.304. The van der Waals surface area contributed by atoms with Gasteiger partial charge in [-0.1, -0.05) is 19.9 Å². The number of carbonyl (C=O) groups excluding carboxylic acids is 1. The van der Waals surface area contributed by atoms with Crippen LogP contribution in [0.3, 0.4) is 0 Å². The Bertz CT molecular complexity index is 1050. The van der Waals surface area contributed by atoms with E-state index in [4.69, 9.17) is 5.73 Å². The first-order valence-electron chi connectivity index (χ1n) is 9.99. The van der Waals surface area contributed by atoms with E-state index in [1.807, 2.05) is 18.2 Å². The van der Waals surface area contributed by atoms with Crippen LogP contribution >= 0.6 is 0 Å². The van der Waals surface area contributed by atoms with Crippen molar-refractivity contribution < 1.29 is 14.7 Å². The molecule has 3 aromatic rings. The van der Waals surface area contributed by atoms with Gasteiger partial charge in [0.1, 0.15) is 5.69 Å². The van der Waals surface area contributed by atoms with Crippen LogP contribution in [0, 0.1) is 0 Å². The Morgan fingerprint density at radius 2 is 1.83 bits per heavy atom. The summed E-state index contributed by atoms with van der Waals surface area (Å²) in [6.07, 6.45) is 3.08. The van der Waals surface area contributed by atoms with Crippen molar-refractivity contribution in [3.63, 3.8) is 0 Å². The highest BCUT2D eigenvalue weighted by molar-refractivity contribution is 6.07. The summed E-state index contributed by atoms with van der Waals surface area (Å²) in [4.78, 5) is 27.3. The van der Waals surface area contributed by atoms with Crippen LogP contribution in [0.2, 0.25) is 0 Å². The fourth-order valence-electron chi connectivity index (χ4n) is 3.69. The van der Waals surface area contributed by atoms with Crippen LogP contribution in [0.4, 0.5) is 5.69 Å². The molecule has 0 aliphatic rings. The highest BCUT2D eigenvalue weighted by atomic mass is 16.4. The van der Waals surface area contributed by atoms with E-state index in [9.17, 15) is 14.7 Å². The predicted molar refractivity (Wildman–Crippen MR) is 116 cm³/mol. The summed E-state index contributed by atoms with van der Waals surface area (Å²) in [5, 5.41) is 13.2. The zero-order valence-electron chi connectivity index (χ0n) is 16.8. The number of aromatic carboxylic acids is 1. The van der Waals surface area contributed by atoms with E-state index >= 15 is 0 Å². The lowest BCUT2D eigenvalue weighted by Gasteiger charge is -2.10. The summed E-state index contributed by atoms with van der Waals surface area (Å²) in [5.41, 5.74) is 10.9. The molecule has 0 saturated heterocycles. The number of carbonyl (C=O) groups is 2. The Balaban J connectivity index is 1.93. The molecule has 5 N–H and O–H groups in total. The van der Waals surface area contributed by atoms with E-state index < -0.39 is 5.97 Å². The minimum absolute atomic E-state index is 0.161. The lowest BCUT2D eigenvalue weighted by atomic mass is 10.0. The average molecular weight is 393 g/mol. The van der Waals surface area contributed by atoms with Gasteiger partial charge in [0, 0.05) is 22.2 Å². The predicted octanol–water partition coefficient (Wildman–Crippen LogP) is 4.13. The molecule has 29 heavy (non-hydrogen) atoms. The number of carboxylic acid groups (broad SMARTS) is 1. The van der Waals surface area contributed by atoms with Gasteiger partial charge in [0.25, 0.3) is 5.91 Å². The molecule has 0 radical (unpaired) electrons. The Labute approximate surface area is 170 Å². The van der Waals surface area contributed by atoms with Gasteiger partial charge in [0.05, 0.1) is 0 Å². The quantitative estimate of drug-likeness (QED) is 0.461. The number of nitrogens with one attached hydrogen (secondary N) is 2. The summed E-state index contributed by atoms with van der Waals surface area (Å²) >= 11 is 0. The summed E-state index contributed by atoms with van der Waals surface area (Å²) < 4.78 is 0. The molecule has 6 heteroatoms. The van der Waals surface area contributed by atoms with Crippen LogP contribution in [-0.4, -0.2) is 28.5 Å². The zero-order chi connectivity index (χ0) is 21.0. The van der Waals surface area contributed by atoms with Crippen molar-refractivity contribution in [3.8, 4) is 0 Å². The van der Waals surface area contributed by atoms with Crippen molar-refractivity contribution in [2.75, 3.05) is 11.9 Å². The van der Waals surface area contributed by atoms with Gasteiger partial charge in [0.15, 0.2) is 0 Å². The van der Waals surface area contributed by atoms with Gasteiger partial charge < -0.3 is 21.1 Å². The van der Waals surface area contributed by atoms with Crippen molar-refractivity contribution in [1.29, 1.82) is 0 Å². The van der Waals surface area contributed by atoms with E-state index in [1.165, 1.54) is 11.1 Å². The molecule has 6 nitrogen and oxygen atoms in total. The number of H-pyrrole nitrogens is 1. The van der Waals surface area contributed by atoms with Gasteiger partial charge in [-0.15, -0.1) is 0 Å². The highest BCUT2D eigenvalue weighted by Crippen LogP contribution is 2.26. The largest absolute Gasteiger partial charge is 0.477 e. The van der Waals surface area contributed by atoms with Gasteiger partial charge in [-0.05, 0) is 79.3 Å². The maximum Gasteiger partial charge on any atom is 0.352 e. The number of anilines is 1. The average Bonchev–Trinajstić information content (AvgIpc) is 3.10. The maximum atomic E-state index is 12.8. The molecule has 0 unspecified atom stereocenters. The number of aromatic amines is 1. The molecule has 0 atom stereocenters. The molecule has 0 aliphatic heterocycles. The molecule has 2 aromatic carbocycles. The Hall–Kier alpha value is -3.12. The number of carboxylic acids is 1. The lowest BCUT2D eigenvalue weighted by molar-refractivity contribution is 0.0690. The Morgan fingerprint density at radius 3 is 2.48 bits per heavy atom. The summed E-state index contributed by atoms with van der Waals surface area (Å²) in [6, 6.07) is 11.2. The number of nitrogens with two attached hydrogens (primary N) is 1. The minimum Gasteiger partial charge on any atom is -0.477 e. The van der Waals surface area contributed by atoms with E-state index in [1.54, 1.807) is 18.2 Å². The topological polar surface area (TPSA) is 108 Å². The minimum atomic E-state index is -1.01. The molecular formula is C23H27N3O3. The van der Waals surface area contributed by atoms with Crippen LogP contribution in [0.25, 0.3) is 10.9 Å². The first-order chi connectivity index (χ1) is 14.0. The number of hydrogen-bond acceptors (Lipinski definition) is 3. The molecule has 1 amide bonds. The summed E-state index contributed by atoms with van der Waals surface area (Å²) in [5.74, 6) is -1.23. The molecule has 0 aliphatic carbocycles. The maximum absolute atomic E-state index is 12.8. The van der Waals surface area contributed by atoms with Crippen LogP contribution < -0.4 is 11.1 Å². The molecular weight excluding hydrogens is 366 g/mol. The van der Waals surface area contributed by atoms with Crippen molar-refractivity contribution in [1.82, 2.24) is 4.98 Å². The number of benzene rings is 2. The van der Waals surface area contributed by atoms with Crippen molar-refractivity contribution in [2.45, 2.75) is 39.5 Å². The molecule has 152 valence electrons. The molecule has 1 aromatic heterocycles. The van der Waals surface area contributed by atoms with Crippen LogP contribution in [0.1, 0.15) is 57.8 Å². The third-order valence-electron chi connectivity index (χ3n) is 5.24. The lowest BCUT2D eigenvalue weighted by Crippen LogP contribution is -2.12. The number of aromatic nitrogens is 1. The standard InChI is InChI=1S/C23H27N3O3/c1-3-14-7-9-17(12-15(14)4-2)25-22(27)16-8-10-20-19(13-16)18(6-5-11-24)21(26-20)23(28)29/h7-10,12-13,26H,3-6,11,24H2,1-2H3,(H,25,27)(H,28,29). The van der Waals surface area contributed by atoms with Crippen LogP contribution in [0.5, 0.6) is 0 Å². The van der Waals surface area contributed by atoms with Crippen LogP contribution in [-0.2, 0) is 19.3 Å².